The second kappa shape index (κ2) is 9.65. The summed E-state index contributed by atoms with van der Waals surface area (Å²) in [5.74, 6) is 2.66. The molecule has 1 aromatic heterocycles. The molecule has 0 spiro atoms. The fourth-order valence-electron chi connectivity index (χ4n) is 2.91. The second-order valence-corrected chi connectivity index (χ2v) is 6.74. The maximum atomic E-state index is 12.2. The van der Waals surface area contributed by atoms with Crippen molar-refractivity contribution < 1.29 is 23.5 Å². The van der Waals surface area contributed by atoms with E-state index in [0.29, 0.717) is 23.2 Å². The first kappa shape index (κ1) is 20.9. The van der Waals surface area contributed by atoms with Gasteiger partial charge in [0.1, 0.15) is 17.2 Å². The van der Waals surface area contributed by atoms with E-state index < -0.39 is 0 Å². The summed E-state index contributed by atoms with van der Waals surface area (Å²) in [6.45, 7) is -0.108. The number of nitrogens with one attached hydrogen (secondary N) is 1. The van der Waals surface area contributed by atoms with Crippen LogP contribution >= 0.6 is 0 Å². The van der Waals surface area contributed by atoms with E-state index in [1.807, 2.05) is 24.3 Å². The van der Waals surface area contributed by atoms with Gasteiger partial charge in [0.05, 0.1) is 14.2 Å². The van der Waals surface area contributed by atoms with Gasteiger partial charge in [-0.15, -0.1) is 0 Å². The van der Waals surface area contributed by atoms with Crippen LogP contribution in [0, 0.1) is 0 Å². The van der Waals surface area contributed by atoms with Crippen LogP contribution in [0.25, 0.3) is 22.8 Å². The zero-order valence-electron chi connectivity index (χ0n) is 17.6. The molecule has 0 saturated heterocycles. The van der Waals surface area contributed by atoms with E-state index in [9.17, 15) is 4.79 Å². The van der Waals surface area contributed by atoms with Crippen molar-refractivity contribution in [1.82, 2.24) is 10.1 Å². The summed E-state index contributed by atoms with van der Waals surface area (Å²) < 4.78 is 21.1. The normalized spacial score (nSPS) is 10.4. The number of ether oxygens (including phenoxy) is 3. The summed E-state index contributed by atoms with van der Waals surface area (Å²) >= 11 is 0. The molecule has 4 aromatic rings. The molecule has 0 radical (unpaired) electrons. The predicted octanol–water partition coefficient (Wildman–Crippen LogP) is 4.44. The summed E-state index contributed by atoms with van der Waals surface area (Å²) in [5.41, 5.74) is 2.19. The number of hydrogen-bond donors (Lipinski definition) is 1. The maximum absolute atomic E-state index is 12.2. The topological polar surface area (TPSA) is 95.7 Å². The third kappa shape index (κ3) is 5.04. The van der Waals surface area contributed by atoms with Gasteiger partial charge in [0.15, 0.2) is 6.61 Å². The molecule has 4 rings (SSSR count). The van der Waals surface area contributed by atoms with Gasteiger partial charge < -0.3 is 24.1 Å². The van der Waals surface area contributed by atoms with Crippen molar-refractivity contribution >= 4 is 11.6 Å². The van der Waals surface area contributed by atoms with E-state index in [-0.39, 0.29) is 12.5 Å². The van der Waals surface area contributed by atoms with Crippen LogP contribution < -0.4 is 19.5 Å². The molecule has 8 nitrogen and oxygen atoms in total. The molecule has 1 N–H and O–H groups in total. The standard InChI is InChI=1S/C24H21N3O5/c1-29-19-9-5-16(6-10-19)23-26-24(32-27-23)17-3-7-18(8-4-17)25-22(28)15-31-21-13-11-20(30-2)12-14-21/h3-14H,15H2,1-2H3,(H,25,28). The van der Waals surface area contributed by atoms with Crippen LogP contribution in [0.2, 0.25) is 0 Å². The Bertz CT molecular complexity index is 1170. The van der Waals surface area contributed by atoms with Crippen molar-refractivity contribution in [1.29, 1.82) is 0 Å². The Hall–Kier alpha value is -4.33. The Morgan fingerprint density at radius 1 is 0.812 bits per heavy atom. The number of rotatable bonds is 8. The molecule has 0 aliphatic carbocycles. The first-order valence-electron chi connectivity index (χ1n) is 9.80. The zero-order chi connectivity index (χ0) is 22.3. The van der Waals surface area contributed by atoms with Crippen LogP contribution in [0.1, 0.15) is 0 Å². The minimum absolute atomic E-state index is 0.108. The average molecular weight is 431 g/mol. The molecular formula is C24H21N3O5. The van der Waals surface area contributed by atoms with E-state index in [1.165, 1.54) is 0 Å². The quantitative estimate of drug-likeness (QED) is 0.441. The number of nitrogens with zero attached hydrogens (tertiary/aromatic N) is 2. The number of carbonyl (C=O) groups excluding carboxylic acids is 1. The summed E-state index contributed by atoms with van der Waals surface area (Å²) in [7, 11) is 3.20. The highest BCUT2D eigenvalue weighted by Gasteiger charge is 2.11. The molecule has 0 saturated carbocycles. The van der Waals surface area contributed by atoms with Gasteiger partial charge in [-0.25, -0.2) is 0 Å². The number of benzene rings is 3. The molecule has 0 bridgehead atoms. The van der Waals surface area contributed by atoms with Crippen LogP contribution in [0.3, 0.4) is 0 Å². The summed E-state index contributed by atoms with van der Waals surface area (Å²) in [6.07, 6.45) is 0. The first-order valence-corrected chi connectivity index (χ1v) is 9.80. The summed E-state index contributed by atoms with van der Waals surface area (Å²) in [5, 5.41) is 6.82. The van der Waals surface area contributed by atoms with Crippen LogP contribution in [-0.2, 0) is 4.79 Å². The van der Waals surface area contributed by atoms with E-state index in [2.05, 4.69) is 15.5 Å². The van der Waals surface area contributed by atoms with Gasteiger partial charge in [0.2, 0.25) is 5.82 Å². The maximum Gasteiger partial charge on any atom is 0.262 e. The number of aromatic nitrogens is 2. The fraction of sp³-hybridized carbons (Fsp3) is 0.125. The fourth-order valence-corrected chi connectivity index (χ4v) is 2.91. The molecule has 3 aromatic carbocycles. The summed E-state index contributed by atoms with van der Waals surface area (Å²) in [4.78, 5) is 16.6. The van der Waals surface area contributed by atoms with Crippen molar-refractivity contribution in [3.63, 3.8) is 0 Å². The lowest BCUT2D eigenvalue weighted by Gasteiger charge is -2.08. The van der Waals surface area contributed by atoms with Crippen LogP contribution in [0.15, 0.2) is 77.3 Å². The Kier molecular flexibility index (Phi) is 6.31. The number of amides is 1. The van der Waals surface area contributed by atoms with Crippen molar-refractivity contribution in [2.24, 2.45) is 0 Å². The minimum atomic E-state index is -0.270. The SMILES string of the molecule is COc1ccc(OCC(=O)Nc2ccc(-c3nc(-c4ccc(OC)cc4)no3)cc2)cc1. The first-order chi connectivity index (χ1) is 15.6. The Morgan fingerprint density at radius 3 is 2.00 bits per heavy atom. The molecule has 0 aliphatic heterocycles. The van der Waals surface area contributed by atoms with E-state index in [1.54, 1.807) is 62.8 Å². The lowest BCUT2D eigenvalue weighted by molar-refractivity contribution is -0.118. The Morgan fingerprint density at radius 2 is 1.38 bits per heavy atom. The Labute approximate surface area is 184 Å². The molecular weight excluding hydrogens is 410 g/mol. The van der Waals surface area contributed by atoms with E-state index >= 15 is 0 Å². The van der Waals surface area contributed by atoms with E-state index in [4.69, 9.17) is 18.7 Å². The van der Waals surface area contributed by atoms with Crippen molar-refractivity contribution in [2.45, 2.75) is 0 Å². The number of carbonyl (C=O) groups is 1. The molecule has 0 fully saturated rings. The largest absolute Gasteiger partial charge is 0.497 e. The third-order valence-corrected chi connectivity index (χ3v) is 4.62. The third-order valence-electron chi connectivity index (χ3n) is 4.62. The minimum Gasteiger partial charge on any atom is -0.497 e. The van der Waals surface area contributed by atoms with Crippen molar-refractivity contribution in [3.8, 4) is 40.1 Å². The van der Waals surface area contributed by atoms with Gasteiger partial charge in [-0.3, -0.25) is 4.79 Å². The van der Waals surface area contributed by atoms with Crippen LogP contribution in [0.5, 0.6) is 17.2 Å². The molecule has 0 unspecified atom stereocenters. The van der Waals surface area contributed by atoms with Gasteiger partial charge in [0.25, 0.3) is 11.8 Å². The molecule has 162 valence electrons. The van der Waals surface area contributed by atoms with Gasteiger partial charge in [-0.05, 0) is 72.8 Å². The Balaban J connectivity index is 1.34. The zero-order valence-corrected chi connectivity index (χ0v) is 17.6. The highest BCUT2D eigenvalue weighted by atomic mass is 16.5. The number of hydrogen-bond acceptors (Lipinski definition) is 7. The van der Waals surface area contributed by atoms with Gasteiger partial charge in [-0.2, -0.15) is 4.98 Å². The molecule has 8 heteroatoms. The number of anilines is 1. The van der Waals surface area contributed by atoms with Gasteiger partial charge >= 0.3 is 0 Å². The van der Waals surface area contributed by atoms with Crippen molar-refractivity contribution in [3.05, 3.63) is 72.8 Å². The van der Waals surface area contributed by atoms with Crippen LogP contribution in [-0.4, -0.2) is 36.9 Å². The lowest BCUT2D eigenvalue weighted by Crippen LogP contribution is -2.20. The van der Waals surface area contributed by atoms with Gasteiger partial charge in [0, 0.05) is 16.8 Å². The molecule has 1 heterocycles. The van der Waals surface area contributed by atoms with E-state index in [0.717, 1.165) is 22.6 Å². The summed E-state index contributed by atoms with van der Waals surface area (Å²) in [6, 6.07) is 21.5. The molecule has 32 heavy (non-hydrogen) atoms. The molecule has 0 aliphatic rings. The lowest BCUT2D eigenvalue weighted by atomic mass is 10.2. The highest BCUT2D eigenvalue weighted by Crippen LogP contribution is 2.25. The molecule has 0 atom stereocenters. The highest BCUT2D eigenvalue weighted by molar-refractivity contribution is 5.92. The second-order valence-electron chi connectivity index (χ2n) is 6.74. The number of methoxy groups -OCH3 is 2. The molecule has 1 amide bonds. The van der Waals surface area contributed by atoms with Crippen molar-refractivity contribution in [2.75, 3.05) is 26.1 Å². The predicted molar refractivity (Wildman–Crippen MR) is 119 cm³/mol. The average Bonchev–Trinajstić information content (AvgIpc) is 3.34. The van der Waals surface area contributed by atoms with Crippen LogP contribution in [0.4, 0.5) is 5.69 Å². The monoisotopic (exact) mass is 431 g/mol. The smallest absolute Gasteiger partial charge is 0.262 e. The van der Waals surface area contributed by atoms with Gasteiger partial charge in [-0.1, -0.05) is 5.16 Å².